The second-order valence-corrected chi connectivity index (χ2v) is 7.86. The van der Waals surface area contributed by atoms with E-state index in [1.165, 1.54) is 0 Å². The number of carbonyl (C=O) groups excluding carboxylic acids is 2. The predicted molar refractivity (Wildman–Crippen MR) is 116 cm³/mol. The Morgan fingerprint density at radius 1 is 0.964 bits per heavy atom. The maximum atomic E-state index is 13.2. The van der Waals surface area contributed by atoms with E-state index in [0.717, 1.165) is 51.9 Å². The molecule has 0 aliphatic heterocycles. The van der Waals surface area contributed by atoms with Crippen LogP contribution in [0.4, 0.5) is 0 Å². The van der Waals surface area contributed by atoms with Gasteiger partial charge in [-0.25, -0.2) is 0 Å². The molecule has 0 aromatic heterocycles. The Hall–Kier alpha value is -1.92. The largest absolute Gasteiger partial charge is 0.366 e. The molecule has 4 N–H and O–H groups in total. The maximum absolute atomic E-state index is 13.2. The second-order valence-electron chi connectivity index (χ2n) is 7.86. The zero-order valence-electron chi connectivity index (χ0n) is 18.0. The van der Waals surface area contributed by atoms with Crippen molar-refractivity contribution in [3.8, 4) is 0 Å². The summed E-state index contributed by atoms with van der Waals surface area (Å²) in [6, 6.07) is 6.73. The van der Waals surface area contributed by atoms with Gasteiger partial charge in [0.2, 0.25) is 5.91 Å². The van der Waals surface area contributed by atoms with Crippen LogP contribution in [0.3, 0.4) is 0 Å². The van der Waals surface area contributed by atoms with Gasteiger partial charge in [-0.1, -0.05) is 19.9 Å². The SMILES string of the molecule is CNCCCC(C)CN(CC(C)CCCNC)C(=O)c1cccc(C(N)=O)c1. The lowest BCUT2D eigenvalue weighted by Gasteiger charge is -2.29. The monoisotopic (exact) mass is 390 g/mol. The summed E-state index contributed by atoms with van der Waals surface area (Å²) in [4.78, 5) is 26.6. The summed E-state index contributed by atoms with van der Waals surface area (Å²) in [5.74, 6) is 0.299. The highest BCUT2D eigenvalue weighted by Gasteiger charge is 2.21. The molecule has 158 valence electrons. The Morgan fingerprint density at radius 2 is 1.46 bits per heavy atom. The van der Waals surface area contributed by atoms with Crippen LogP contribution in [0.2, 0.25) is 0 Å². The second kappa shape index (κ2) is 13.3. The number of rotatable bonds is 14. The number of primary amides is 1. The van der Waals surface area contributed by atoms with E-state index >= 15 is 0 Å². The summed E-state index contributed by atoms with van der Waals surface area (Å²) >= 11 is 0. The molecule has 0 aliphatic carbocycles. The molecule has 0 saturated carbocycles. The first-order chi connectivity index (χ1) is 13.4. The summed E-state index contributed by atoms with van der Waals surface area (Å²) in [7, 11) is 3.91. The summed E-state index contributed by atoms with van der Waals surface area (Å²) < 4.78 is 0. The van der Waals surface area contributed by atoms with E-state index in [-0.39, 0.29) is 5.91 Å². The Bertz CT molecular complexity index is 588. The Kier molecular flexibility index (Phi) is 11.4. The Labute approximate surface area is 170 Å². The molecule has 0 heterocycles. The molecule has 0 bridgehead atoms. The quantitative estimate of drug-likeness (QED) is 0.426. The van der Waals surface area contributed by atoms with Gasteiger partial charge in [0.25, 0.3) is 5.91 Å². The molecule has 0 fully saturated rings. The van der Waals surface area contributed by atoms with E-state index in [1.54, 1.807) is 24.3 Å². The fraction of sp³-hybridized carbons (Fsp3) is 0.636. The average molecular weight is 391 g/mol. The normalized spacial score (nSPS) is 13.1. The van der Waals surface area contributed by atoms with Crippen molar-refractivity contribution in [1.82, 2.24) is 15.5 Å². The number of amides is 2. The van der Waals surface area contributed by atoms with Gasteiger partial charge in [0.05, 0.1) is 0 Å². The highest BCUT2D eigenvalue weighted by molar-refractivity contribution is 5.99. The Morgan fingerprint density at radius 3 is 1.93 bits per heavy atom. The molecule has 6 nitrogen and oxygen atoms in total. The van der Waals surface area contributed by atoms with Crippen LogP contribution in [0.25, 0.3) is 0 Å². The van der Waals surface area contributed by atoms with Gasteiger partial charge in [-0.05, 0) is 82.9 Å². The zero-order valence-corrected chi connectivity index (χ0v) is 18.0. The van der Waals surface area contributed by atoms with Crippen LogP contribution in [0.15, 0.2) is 24.3 Å². The minimum atomic E-state index is -0.512. The molecule has 1 aromatic carbocycles. The highest BCUT2D eigenvalue weighted by Crippen LogP contribution is 2.16. The van der Waals surface area contributed by atoms with Crippen molar-refractivity contribution in [3.05, 3.63) is 35.4 Å². The Balaban J connectivity index is 2.86. The summed E-state index contributed by atoms with van der Waals surface area (Å²) in [5.41, 5.74) is 6.28. The molecule has 0 radical (unpaired) electrons. The number of nitrogens with two attached hydrogens (primary N) is 1. The molecule has 6 heteroatoms. The number of hydrogen-bond acceptors (Lipinski definition) is 4. The number of benzene rings is 1. The van der Waals surface area contributed by atoms with Gasteiger partial charge < -0.3 is 21.3 Å². The number of hydrogen-bond donors (Lipinski definition) is 3. The van der Waals surface area contributed by atoms with Gasteiger partial charge in [0, 0.05) is 24.2 Å². The van der Waals surface area contributed by atoms with Crippen LogP contribution in [0.1, 0.15) is 60.2 Å². The lowest BCUT2D eigenvalue weighted by molar-refractivity contribution is 0.0699. The van der Waals surface area contributed by atoms with Crippen molar-refractivity contribution in [2.24, 2.45) is 17.6 Å². The van der Waals surface area contributed by atoms with E-state index in [9.17, 15) is 9.59 Å². The van der Waals surface area contributed by atoms with Crippen LogP contribution >= 0.6 is 0 Å². The van der Waals surface area contributed by atoms with Crippen molar-refractivity contribution in [3.63, 3.8) is 0 Å². The molecular weight excluding hydrogens is 352 g/mol. The number of nitrogens with one attached hydrogen (secondary N) is 2. The van der Waals surface area contributed by atoms with Crippen LogP contribution in [-0.2, 0) is 0 Å². The van der Waals surface area contributed by atoms with Crippen molar-refractivity contribution < 1.29 is 9.59 Å². The van der Waals surface area contributed by atoms with Gasteiger partial charge in [-0.3, -0.25) is 9.59 Å². The van der Waals surface area contributed by atoms with Gasteiger partial charge in [-0.2, -0.15) is 0 Å². The van der Waals surface area contributed by atoms with E-state index in [4.69, 9.17) is 5.73 Å². The summed E-state index contributed by atoms with van der Waals surface area (Å²) in [6.45, 7) is 7.81. The standard InChI is InChI=1S/C22H38N4O2/c1-17(8-6-12-24-3)15-26(16-18(2)9-7-13-25-4)22(28)20-11-5-10-19(14-20)21(23)27/h5,10-11,14,17-18,24-25H,6-9,12-13,15-16H2,1-4H3,(H2,23,27). The number of carbonyl (C=O) groups is 2. The van der Waals surface area contributed by atoms with Gasteiger partial charge in [0.1, 0.15) is 0 Å². The average Bonchev–Trinajstić information content (AvgIpc) is 2.67. The van der Waals surface area contributed by atoms with Crippen molar-refractivity contribution in [2.45, 2.75) is 39.5 Å². The smallest absolute Gasteiger partial charge is 0.253 e. The summed E-state index contributed by atoms with van der Waals surface area (Å²) in [5, 5.41) is 6.34. The predicted octanol–water partition coefficient (Wildman–Crippen LogP) is 2.50. The van der Waals surface area contributed by atoms with Gasteiger partial charge >= 0.3 is 0 Å². The fourth-order valence-electron chi connectivity index (χ4n) is 3.42. The highest BCUT2D eigenvalue weighted by atomic mass is 16.2. The molecule has 28 heavy (non-hydrogen) atoms. The van der Waals surface area contributed by atoms with E-state index in [1.807, 2.05) is 19.0 Å². The van der Waals surface area contributed by atoms with Gasteiger partial charge in [0.15, 0.2) is 0 Å². The molecule has 2 unspecified atom stereocenters. The molecule has 2 amide bonds. The topological polar surface area (TPSA) is 87.5 Å². The van der Waals surface area contributed by atoms with Crippen LogP contribution in [-0.4, -0.2) is 57.0 Å². The van der Waals surface area contributed by atoms with Crippen molar-refractivity contribution in [2.75, 3.05) is 40.3 Å². The first-order valence-electron chi connectivity index (χ1n) is 10.4. The minimum Gasteiger partial charge on any atom is -0.366 e. The maximum Gasteiger partial charge on any atom is 0.253 e. The van der Waals surface area contributed by atoms with E-state index < -0.39 is 5.91 Å². The summed E-state index contributed by atoms with van der Waals surface area (Å²) in [6.07, 6.45) is 4.32. The van der Waals surface area contributed by atoms with E-state index in [0.29, 0.717) is 23.0 Å². The molecule has 0 saturated heterocycles. The first kappa shape index (κ1) is 24.1. The van der Waals surface area contributed by atoms with Crippen molar-refractivity contribution in [1.29, 1.82) is 0 Å². The third-order valence-corrected chi connectivity index (χ3v) is 4.99. The molecule has 1 rings (SSSR count). The molecule has 0 spiro atoms. The van der Waals surface area contributed by atoms with Crippen LogP contribution < -0.4 is 16.4 Å². The fourth-order valence-corrected chi connectivity index (χ4v) is 3.42. The molecule has 0 aliphatic rings. The minimum absolute atomic E-state index is 0.0240. The lowest BCUT2D eigenvalue weighted by Crippen LogP contribution is -2.38. The molecule has 2 atom stereocenters. The zero-order chi connectivity index (χ0) is 20.9. The van der Waals surface area contributed by atoms with Crippen LogP contribution in [0, 0.1) is 11.8 Å². The third kappa shape index (κ3) is 8.85. The van der Waals surface area contributed by atoms with Crippen molar-refractivity contribution >= 4 is 11.8 Å². The van der Waals surface area contributed by atoms with Crippen LogP contribution in [0.5, 0.6) is 0 Å². The van der Waals surface area contributed by atoms with E-state index in [2.05, 4.69) is 24.5 Å². The lowest BCUT2D eigenvalue weighted by atomic mass is 10.0. The molecular formula is C22H38N4O2. The number of nitrogens with zero attached hydrogens (tertiary/aromatic N) is 1. The first-order valence-corrected chi connectivity index (χ1v) is 10.4. The molecule has 1 aromatic rings. The van der Waals surface area contributed by atoms with Gasteiger partial charge in [-0.15, -0.1) is 0 Å². The third-order valence-electron chi connectivity index (χ3n) is 4.99.